The van der Waals surface area contributed by atoms with Crippen molar-refractivity contribution in [2.45, 2.75) is 83.4 Å². The smallest absolute Gasteiger partial charge is 0.0171 e. The van der Waals surface area contributed by atoms with Gasteiger partial charge in [-0.05, 0) is 38.2 Å². The van der Waals surface area contributed by atoms with E-state index in [-0.39, 0.29) is 5.54 Å². The van der Waals surface area contributed by atoms with Gasteiger partial charge in [-0.1, -0.05) is 34.6 Å². The first-order chi connectivity index (χ1) is 7.99. The lowest BCUT2D eigenvalue weighted by Gasteiger charge is -2.30. The lowest BCUT2D eigenvalue weighted by atomic mass is 10.1. The minimum absolute atomic E-state index is 0.214. The van der Waals surface area contributed by atoms with Crippen LogP contribution in [0.5, 0.6) is 0 Å². The molecule has 0 bridgehead atoms. The maximum absolute atomic E-state index is 3.77. The Morgan fingerprint density at radius 2 is 1.56 bits per heavy atom. The fourth-order valence-corrected chi connectivity index (χ4v) is 3.45. The average molecular weight is 292 g/mol. The molecule has 3 heteroatoms. The second kappa shape index (κ2) is 8.06. The van der Waals surface area contributed by atoms with Crippen LogP contribution in [0.3, 0.4) is 0 Å². The lowest BCUT2D eigenvalue weighted by molar-refractivity contribution is 0.371. The van der Waals surface area contributed by atoms with Gasteiger partial charge in [0, 0.05) is 22.1 Å². The largest absolute Gasteiger partial charge is 0.308 e. The molecule has 0 aliphatic rings. The zero-order valence-corrected chi connectivity index (χ0v) is 15.2. The molecule has 110 valence electrons. The Bertz CT molecular complexity index is 214. The molecule has 0 saturated heterocycles. The van der Waals surface area contributed by atoms with Crippen molar-refractivity contribution < 1.29 is 0 Å². The summed E-state index contributed by atoms with van der Waals surface area (Å²) >= 11 is 4.14. The van der Waals surface area contributed by atoms with E-state index in [1.165, 1.54) is 17.9 Å². The van der Waals surface area contributed by atoms with E-state index in [0.29, 0.717) is 10.8 Å². The number of rotatable bonds is 7. The third-order valence-corrected chi connectivity index (χ3v) is 4.85. The maximum Gasteiger partial charge on any atom is 0.0171 e. The number of hydrogen-bond donors (Lipinski definition) is 1. The number of thioether (sulfide) groups is 2. The standard InChI is InChI=1S/C15H33NS2/c1-12(2)17-10-9-13(16-14(3,4)5)11-18-15(6,7)8/h12-13,16H,9-11H2,1-8H3. The Hall–Kier alpha value is 0.660. The van der Waals surface area contributed by atoms with E-state index in [0.717, 1.165) is 5.25 Å². The SMILES string of the molecule is CC(C)SCCC(CSC(C)(C)C)NC(C)(C)C. The number of nitrogens with one attached hydrogen (secondary N) is 1. The van der Waals surface area contributed by atoms with Gasteiger partial charge in [-0.25, -0.2) is 0 Å². The third kappa shape index (κ3) is 13.1. The molecule has 0 aromatic carbocycles. The molecule has 1 atom stereocenters. The van der Waals surface area contributed by atoms with E-state index in [4.69, 9.17) is 0 Å². The molecule has 1 N–H and O–H groups in total. The molecule has 0 aliphatic carbocycles. The molecule has 0 heterocycles. The van der Waals surface area contributed by atoms with Crippen LogP contribution in [0.4, 0.5) is 0 Å². The van der Waals surface area contributed by atoms with Gasteiger partial charge in [0.1, 0.15) is 0 Å². The van der Waals surface area contributed by atoms with Gasteiger partial charge in [-0.2, -0.15) is 23.5 Å². The van der Waals surface area contributed by atoms with Crippen LogP contribution in [0.15, 0.2) is 0 Å². The first-order valence-corrected chi connectivity index (χ1v) is 9.06. The molecular weight excluding hydrogens is 258 g/mol. The average Bonchev–Trinajstić information content (AvgIpc) is 2.09. The maximum atomic E-state index is 3.77. The van der Waals surface area contributed by atoms with Crippen LogP contribution in [-0.4, -0.2) is 33.1 Å². The van der Waals surface area contributed by atoms with Crippen LogP contribution in [0.25, 0.3) is 0 Å². The molecule has 0 aliphatic heterocycles. The van der Waals surface area contributed by atoms with Crippen LogP contribution < -0.4 is 5.32 Å². The normalized spacial score (nSPS) is 15.2. The lowest BCUT2D eigenvalue weighted by Crippen LogP contribution is -2.45. The predicted octanol–water partition coefficient (Wildman–Crippen LogP) is 4.81. The summed E-state index contributed by atoms with van der Waals surface area (Å²) in [6.07, 6.45) is 1.27. The molecule has 0 saturated carbocycles. The summed E-state index contributed by atoms with van der Waals surface area (Å²) in [6.45, 7) is 18.2. The zero-order chi connectivity index (χ0) is 14.4. The van der Waals surface area contributed by atoms with Crippen molar-refractivity contribution in [3.05, 3.63) is 0 Å². The molecule has 0 amide bonds. The quantitative estimate of drug-likeness (QED) is 0.723. The van der Waals surface area contributed by atoms with Crippen molar-refractivity contribution in [2.75, 3.05) is 11.5 Å². The van der Waals surface area contributed by atoms with Gasteiger partial charge in [0.2, 0.25) is 0 Å². The fraction of sp³-hybridized carbons (Fsp3) is 1.00. The molecule has 0 radical (unpaired) electrons. The summed E-state index contributed by atoms with van der Waals surface area (Å²) in [4.78, 5) is 0. The van der Waals surface area contributed by atoms with Gasteiger partial charge in [0.15, 0.2) is 0 Å². The Balaban J connectivity index is 4.17. The second-order valence-corrected chi connectivity index (χ2v) is 10.8. The van der Waals surface area contributed by atoms with E-state index < -0.39 is 0 Å². The summed E-state index contributed by atoms with van der Waals surface area (Å²) in [5.74, 6) is 2.47. The molecule has 0 rings (SSSR count). The van der Waals surface area contributed by atoms with E-state index in [1.807, 2.05) is 0 Å². The van der Waals surface area contributed by atoms with Crippen molar-refractivity contribution in [2.24, 2.45) is 0 Å². The minimum Gasteiger partial charge on any atom is -0.308 e. The van der Waals surface area contributed by atoms with Gasteiger partial charge in [-0.3, -0.25) is 0 Å². The second-order valence-electron chi connectivity index (χ2n) is 7.22. The third-order valence-electron chi connectivity index (χ3n) is 2.27. The highest BCUT2D eigenvalue weighted by Gasteiger charge is 2.20. The van der Waals surface area contributed by atoms with Crippen LogP contribution in [0, 0.1) is 0 Å². The van der Waals surface area contributed by atoms with E-state index in [1.54, 1.807) is 0 Å². The molecule has 18 heavy (non-hydrogen) atoms. The van der Waals surface area contributed by atoms with Crippen LogP contribution in [0.2, 0.25) is 0 Å². The summed E-state index contributed by atoms with van der Waals surface area (Å²) in [7, 11) is 0. The van der Waals surface area contributed by atoms with E-state index >= 15 is 0 Å². The Morgan fingerprint density at radius 3 is 1.94 bits per heavy atom. The Labute approximate surface area is 124 Å². The molecule has 0 aromatic heterocycles. The summed E-state index contributed by atoms with van der Waals surface area (Å²) < 4.78 is 0.364. The topological polar surface area (TPSA) is 12.0 Å². The van der Waals surface area contributed by atoms with Gasteiger partial charge in [0.05, 0.1) is 0 Å². The highest BCUT2D eigenvalue weighted by Crippen LogP contribution is 2.25. The van der Waals surface area contributed by atoms with Crippen molar-refractivity contribution in [1.29, 1.82) is 0 Å². The monoisotopic (exact) mass is 291 g/mol. The molecule has 1 nitrogen and oxygen atoms in total. The van der Waals surface area contributed by atoms with Gasteiger partial charge in [-0.15, -0.1) is 0 Å². The fourth-order valence-electron chi connectivity index (χ4n) is 1.61. The van der Waals surface area contributed by atoms with Crippen molar-refractivity contribution in [1.82, 2.24) is 5.32 Å². The predicted molar refractivity (Wildman–Crippen MR) is 91.1 cm³/mol. The van der Waals surface area contributed by atoms with Crippen LogP contribution in [0.1, 0.15) is 61.8 Å². The highest BCUT2D eigenvalue weighted by atomic mass is 32.2. The first-order valence-electron chi connectivity index (χ1n) is 7.03. The Kier molecular flexibility index (Phi) is 8.36. The van der Waals surface area contributed by atoms with Crippen molar-refractivity contribution in [3.63, 3.8) is 0 Å². The van der Waals surface area contributed by atoms with Crippen molar-refractivity contribution >= 4 is 23.5 Å². The molecular formula is C15H33NS2. The van der Waals surface area contributed by atoms with E-state index in [2.05, 4.69) is 84.2 Å². The van der Waals surface area contributed by atoms with E-state index in [9.17, 15) is 0 Å². The van der Waals surface area contributed by atoms with Gasteiger partial charge < -0.3 is 5.32 Å². The van der Waals surface area contributed by atoms with Crippen LogP contribution in [-0.2, 0) is 0 Å². The Morgan fingerprint density at radius 1 is 1.00 bits per heavy atom. The summed E-state index contributed by atoms with van der Waals surface area (Å²) in [5.41, 5.74) is 0.214. The zero-order valence-electron chi connectivity index (χ0n) is 13.6. The molecule has 0 spiro atoms. The summed E-state index contributed by atoms with van der Waals surface area (Å²) in [6, 6.07) is 0.625. The molecule has 0 aromatic rings. The van der Waals surface area contributed by atoms with Gasteiger partial charge >= 0.3 is 0 Å². The molecule has 0 fully saturated rings. The van der Waals surface area contributed by atoms with Gasteiger partial charge in [0.25, 0.3) is 0 Å². The number of hydrogen-bond acceptors (Lipinski definition) is 3. The first kappa shape index (κ1) is 18.7. The summed E-state index contributed by atoms with van der Waals surface area (Å²) in [5, 5.41) is 4.51. The highest BCUT2D eigenvalue weighted by molar-refractivity contribution is 8.00. The van der Waals surface area contributed by atoms with Crippen molar-refractivity contribution in [3.8, 4) is 0 Å². The molecule has 1 unspecified atom stereocenters. The van der Waals surface area contributed by atoms with Crippen LogP contribution >= 0.6 is 23.5 Å². The minimum atomic E-state index is 0.214.